The number of ether oxygens (including phenoxy) is 1. The second kappa shape index (κ2) is 7.18. The fraction of sp³-hybridized carbons (Fsp3) is 0.353. The lowest BCUT2D eigenvalue weighted by molar-refractivity contribution is 0.338. The molecule has 1 heterocycles. The van der Waals surface area contributed by atoms with E-state index in [9.17, 15) is 4.39 Å². The molecule has 1 atom stereocenters. The van der Waals surface area contributed by atoms with Gasteiger partial charge in [-0.05, 0) is 55.3 Å². The predicted octanol–water partition coefficient (Wildman–Crippen LogP) is 3.63. The fourth-order valence-corrected chi connectivity index (χ4v) is 2.40. The monoisotopic (exact) mass is 288 g/mol. The van der Waals surface area contributed by atoms with Gasteiger partial charge in [0.15, 0.2) is 0 Å². The van der Waals surface area contributed by atoms with Gasteiger partial charge in [-0.3, -0.25) is 4.98 Å². The van der Waals surface area contributed by atoms with Crippen molar-refractivity contribution in [1.82, 2.24) is 10.3 Å². The average molecular weight is 288 g/mol. The second-order valence-corrected chi connectivity index (χ2v) is 4.94. The van der Waals surface area contributed by atoms with E-state index in [2.05, 4.69) is 10.3 Å². The van der Waals surface area contributed by atoms with Crippen molar-refractivity contribution in [3.05, 3.63) is 59.2 Å². The van der Waals surface area contributed by atoms with Gasteiger partial charge in [0, 0.05) is 6.20 Å². The molecule has 0 aliphatic carbocycles. The van der Waals surface area contributed by atoms with Crippen molar-refractivity contribution in [2.45, 2.75) is 26.8 Å². The molecule has 4 heteroatoms. The first-order valence-electron chi connectivity index (χ1n) is 7.22. The Balaban J connectivity index is 2.40. The van der Waals surface area contributed by atoms with Crippen LogP contribution in [0.15, 0.2) is 36.7 Å². The Morgan fingerprint density at radius 2 is 1.95 bits per heavy atom. The summed E-state index contributed by atoms with van der Waals surface area (Å²) < 4.78 is 19.2. The molecule has 1 N–H and O–H groups in total. The highest BCUT2D eigenvalue weighted by Crippen LogP contribution is 2.25. The number of pyridine rings is 1. The third kappa shape index (κ3) is 4.02. The molecule has 21 heavy (non-hydrogen) atoms. The Morgan fingerprint density at radius 1 is 1.14 bits per heavy atom. The maximum atomic E-state index is 13.7. The number of rotatable bonds is 6. The highest BCUT2D eigenvalue weighted by molar-refractivity contribution is 5.36. The van der Waals surface area contributed by atoms with Crippen molar-refractivity contribution in [3.8, 4) is 5.75 Å². The molecule has 0 spiro atoms. The fourth-order valence-electron chi connectivity index (χ4n) is 2.40. The van der Waals surface area contributed by atoms with Gasteiger partial charge < -0.3 is 10.1 Å². The van der Waals surface area contributed by atoms with Gasteiger partial charge >= 0.3 is 0 Å². The van der Waals surface area contributed by atoms with Crippen molar-refractivity contribution in [2.24, 2.45) is 0 Å². The number of hydrogen-bond acceptors (Lipinski definition) is 3. The Bertz CT molecular complexity index is 581. The normalized spacial score (nSPS) is 12.2. The molecule has 2 aromatic rings. The van der Waals surface area contributed by atoms with Crippen LogP contribution in [0.4, 0.5) is 4.39 Å². The van der Waals surface area contributed by atoms with Crippen LogP contribution in [0, 0.1) is 12.7 Å². The molecule has 0 saturated heterocycles. The summed E-state index contributed by atoms with van der Waals surface area (Å²) in [5.41, 5.74) is 2.76. The van der Waals surface area contributed by atoms with E-state index in [1.54, 1.807) is 18.5 Å². The van der Waals surface area contributed by atoms with E-state index in [1.807, 2.05) is 32.9 Å². The van der Waals surface area contributed by atoms with Gasteiger partial charge in [-0.15, -0.1) is 0 Å². The number of nitrogens with one attached hydrogen (secondary N) is 1. The molecule has 0 aliphatic heterocycles. The summed E-state index contributed by atoms with van der Waals surface area (Å²) in [5, 5.41) is 3.38. The number of aromatic nitrogens is 1. The SMILES string of the molecule is CCNC(c1cc(C)cc(F)c1)c1cncc(OCC)c1. The number of hydrogen-bond donors (Lipinski definition) is 1. The van der Waals surface area contributed by atoms with E-state index in [0.29, 0.717) is 6.61 Å². The molecule has 0 radical (unpaired) electrons. The molecule has 0 bridgehead atoms. The predicted molar refractivity (Wildman–Crippen MR) is 82.1 cm³/mol. The summed E-state index contributed by atoms with van der Waals surface area (Å²) in [6, 6.07) is 6.93. The van der Waals surface area contributed by atoms with E-state index in [1.165, 1.54) is 6.07 Å². The van der Waals surface area contributed by atoms with Gasteiger partial charge in [0.2, 0.25) is 0 Å². The van der Waals surface area contributed by atoms with Gasteiger partial charge in [0.25, 0.3) is 0 Å². The standard InChI is InChI=1S/C17H21FN2O/c1-4-20-17(13-6-12(3)7-15(18)8-13)14-9-16(21-5-2)11-19-10-14/h6-11,17,20H,4-5H2,1-3H3. The first kappa shape index (κ1) is 15.4. The Hall–Kier alpha value is -1.94. The van der Waals surface area contributed by atoms with E-state index in [4.69, 9.17) is 4.74 Å². The molecular formula is C17H21FN2O. The lowest BCUT2D eigenvalue weighted by atomic mass is 9.98. The van der Waals surface area contributed by atoms with Crippen LogP contribution >= 0.6 is 0 Å². The first-order chi connectivity index (χ1) is 10.1. The summed E-state index contributed by atoms with van der Waals surface area (Å²) in [6.07, 6.45) is 3.48. The molecule has 1 aromatic carbocycles. The minimum absolute atomic E-state index is 0.0997. The maximum Gasteiger partial charge on any atom is 0.137 e. The lowest BCUT2D eigenvalue weighted by Crippen LogP contribution is -2.22. The van der Waals surface area contributed by atoms with Gasteiger partial charge in [-0.1, -0.05) is 13.0 Å². The highest BCUT2D eigenvalue weighted by atomic mass is 19.1. The van der Waals surface area contributed by atoms with Crippen molar-refractivity contribution >= 4 is 0 Å². The average Bonchev–Trinajstić information content (AvgIpc) is 2.44. The van der Waals surface area contributed by atoms with Crippen molar-refractivity contribution in [3.63, 3.8) is 0 Å². The van der Waals surface area contributed by atoms with Crippen LogP contribution in [-0.2, 0) is 0 Å². The van der Waals surface area contributed by atoms with Crippen LogP contribution in [0.2, 0.25) is 0 Å². The Morgan fingerprint density at radius 3 is 2.62 bits per heavy atom. The molecule has 0 aliphatic rings. The molecule has 3 nitrogen and oxygen atoms in total. The second-order valence-electron chi connectivity index (χ2n) is 4.94. The van der Waals surface area contributed by atoms with E-state index in [-0.39, 0.29) is 11.9 Å². The minimum Gasteiger partial charge on any atom is -0.492 e. The van der Waals surface area contributed by atoms with E-state index in [0.717, 1.165) is 29.0 Å². The number of benzene rings is 1. The highest BCUT2D eigenvalue weighted by Gasteiger charge is 2.15. The maximum absolute atomic E-state index is 13.7. The van der Waals surface area contributed by atoms with Gasteiger partial charge in [0.05, 0.1) is 18.8 Å². The zero-order valence-corrected chi connectivity index (χ0v) is 12.7. The molecule has 112 valence electrons. The molecule has 0 saturated carbocycles. The molecule has 2 rings (SSSR count). The largest absolute Gasteiger partial charge is 0.492 e. The summed E-state index contributed by atoms with van der Waals surface area (Å²) in [4.78, 5) is 4.22. The molecule has 1 aromatic heterocycles. The first-order valence-corrected chi connectivity index (χ1v) is 7.22. The number of nitrogens with zero attached hydrogens (tertiary/aromatic N) is 1. The number of aryl methyl sites for hydroxylation is 1. The Labute approximate surface area is 125 Å². The summed E-state index contributed by atoms with van der Waals surface area (Å²) in [6.45, 7) is 7.23. The van der Waals surface area contributed by atoms with Crippen LogP contribution in [0.25, 0.3) is 0 Å². The minimum atomic E-state index is -0.221. The molecule has 1 unspecified atom stereocenters. The summed E-state index contributed by atoms with van der Waals surface area (Å²) in [5.74, 6) is 0.507. The van der Waals surface area contributed by atoms with E-state index < -0.39 is 0 Å². The lowest BCUT2D eigenvalue weighted by Gasteiger charge is -2.20. The zero-order chi connectivity index (χ0) is 15.2. The topological polar surface area (TPSA) is 34.2 Å². The molecule has 0 amide bonds. The van der Waals surface area contributed by atoms with Crippen molar-refractivity contribution < 1.29 is 9.13 Å². The smallest absolute Gasteiger partial charge is 0.137 e. The van der Waals surface area contributed by atoms with Crippen LogP contribution in [0.3, 0.4) is 0 Å². The van der Waals surface area contributed by atoms with Gasteiger partial charge in [-0.25, -0.2) is 4.39 Å². The van der Waals surface area contributed by atoms with Crippen LogP contribution in [0.5, 0.6) is 5.75 Å². The zero-order valence-electron chi connectivity index (χ0n) is 12.7. The molecular weight excluding hydrogens is 267 g/mol. The van der Waals surface area contributed by atoms with Crippen molar-refractivity contribution in [1.29, 1.82) is 0 Å². The quantitative estimate of drug-likeness (QED) is 0.881. The van der Waals surface area contributed by atoms with Crippen molar-refractivity contribution in [2.75, 3.05) is 13.2 Å². The Kier molecular flexibility index (Phi) is 5.28. The van der Waals surface area contributed by atoms with Gasteiger partial charge in [0.1, 0.15) is 11.6 Å². The van der Waals surface area contributed by atoms with Gasteiger partial charge in [-0.2, -0.15) is 0 Å². The van der Waals surface area contributed by atoms with Crippen LogP contribution in [-0.4, -0.2) is 18.1 Å². The number of halogens is 1. The molecule has 0 fully saturated rings. The van der Waals surface area contributed by atoms with Crippen LogP contribution < -0.4 is 10.1 Å². The summed E-state index contributed by atoms with van der Waals surface area (Å²) >= 11 is 0. The van der Waals surface area contributed by atoms with E-state index >= 15 is 0 Å². The van der Waals surface area contributed by atoms with Crippen LogP contribution in [0.1, 0.15) is 36.6 Å². The summed E-state index contributed by atoms with van der Waals surface area (Å²) in [7, 11) is 0. The third-order valence-corrected chi connectivity index (χ3v) is 3.18. The third-order valence-electron chi connectivity index (χ3n) is 3.18.